The van der Waals surface area contributed by atoms with Crippen LogP contribution >= 0.6 is 11.8 Å². The van der Waals surface area contributed by atoms with E-state index in [1.54, 1.807) is 27.7 Å². The van der Waals surface area contributed by atoms with Crippen molar-refractivity contribution in [3.8, 4) is 0 Å². The zero-order chi connectivity index (χ0) is 17.4. The number of aromatic nitrogens is 3. The third kappa shape index (κ3) is 3.02. The molecule has 0 bridgehead atoms. The molecular formula is C17H19N5O2S. The molecule has 8 heteroatoms. The van der Waals surface area contributed by atoms with Gasteiger partial charge in [-0.05, 0) is 31.0 Å². The fourth-order valence-corrected chi connectivity index (χ4v) is 4.87. The normalized spacial score (nSPS) is 25.2. The Kier molecular flexibility index (Phi) is 3.99. The highest BCUT2D eigenvalue weighted by Crippen LogP contribution is 2.47. The summed E-state index contributed by atoms with van der Waals surface area (Å²) in [7, 11) is 0. The SMILES string of the molecule is CC12CCC(=O)N1C(C(=O)Nc1ccc(Cn3cncn3)cc1)CS2. The van der Waals surface area contributed by atoms with Crippen molar-refractivity contribution in [2.75, 3.05) is 11.1 Å². The predicted molar refractivity (Wildman–Crippen MR) is 94.9 cm³/mol. The summed E-state index contributed by atoms with van der Waals surface area (Å²) in [5, 5.41) is 7.01. The van der Waals surface area contributed by atoms with Crippen LogP contribution in [-0.2, 0) is 16.1 Å². The summed E-state index contributed by atoms with van der Waals surface area (Å²) in [5.41, 5.74) is 1.81. The Hall–Kier alpha value is -2.35. The van der Waals surface area contributed by atoms with Crippen LogP contribution in [0.2, 0.25) is 0 Å². The maximum atomic E-state index is 12.6. The number of carbonyl (C=O) groups excluding carboxylic acids is 2. The van der Waals surface area contributed by atoms with Crippen molar-refractivity contribution in [3.63, 3.8) is 0 Å². The van der Waals surface area contributed by atoms with Crippen LogP contribution in [0.4, 0.5) is 5.69 Å². The van der Waals surface area contributed by atoms with Gasteiger partial charge in [0.15, 0.2) is 0 Å². The van der Waals surface area contributed by atoms with Gasteiger partial charge in [0.2, 0.25) is 11.8 Å². The summed E-state index contributed by atoms with van der Waals surface area (Å²) in [6.45, 7) is 2.68. The molecule has 3 heterocycles. The number of fused-ring (bicyclic) bond motifs is 1. The molecule has 2 unspecified atom stereocenters. The molecule has 2 aliphatic heterocycles. The molecule has 2 amide bonds. The van der Waals surface area contributed by atoms with Crippen molar-refractivity contribution in [3.05, 3.63) is 42.5 Å². The second kappa shape index (κ2) is 6.18. The van der Waals surface area contributed by atoms with Crippen molar-refractivity contribution in [2.24, 2.45) is 0 Å². The van der Waals surface area contributed by atoms with Crippen molar-refractivity contribution in [2.45, 2.75) is 37.2 Å². The first-order chi connectivity index (χ1) is 12.0. The summed E-state index contributed by atoms with van der Waals surface area (Å²) in [5.74, 6) is 0.615. The van der Waals surface area contributed by atoms with Gasteiger partial charge >= 0.3 is 0 Å². The molecule has 2 aromatic rings. The fraction of sp³-hybridized carbons (Fsp3) is 0.412. The molecule has 2 saturated heterocycles. The highest BCUT2D eigenvalue weighted by Gasteiger charge is 2.52. The highest BCUT2D eigenvalue weighted by molar-refractivity contribution is 8.01. The molecule has 1 aromatic carbocycles. The van der Waals surface area contributed by atoms with E-state index in [2.05, 4.69) is 22.3 Å². The Morgan fingerprint density at radius 2 is 2.20 bits per heavy atom. The summed E-state index contributed by atoms with van der Waals surface area (Å²) in [6, 6.07) is 7.26. The van der Waals surface area contributed by atoms with Gasteiger partial charge in [-0.2, -0.15) is 5.10 Å². The third-order valence-electron chi connectivity index (χ3n) is 4.78. The van der Waals surface area contributed by atoms with Crippen LogP contribution in [0.5, 0.6) is 0 Å². The Morgan fingerprint density at radius 1 is 1.40 bits per heavy atom. The molecule has 7 nitrogen and oxygen atoms in total. The van der Waals surface area contributed by atoms with E-state index >= 15 is 0 Å². The van der Waals surface area contributed by atoms with E-state index in [0.29, 0.717) is 18.7 Å². The largest absolute Gasteiger partial charge is 0.324 e. The molecule has 25 heavy (non-hydrogen) atoms. The number of benzene rings is 1. The predicted octanol–water partition coefficient (Wildman–Crippen LogP) is 1.72. The van der Waals surface area contributed by atoms with Gasteiger partial charge < -0.3 is 10.2 Å². The summed E-state index contributed by atoms with van der Waals surface area (Å²) in [6.07, 6.45) is 4.51. The number of carbonyl (C=O) groups is 2. The van der Waals surface area contributed by atoms with Crippen LogP contribution in [0.3, 0.4) is 0 Å². The zero-order valence-electron chi connectivity index (χ0n) is 13.9. The fourth-order valence-electron chi connectivity index (χ4n) is 3.44. The molecule has 0 saturated carbocycles. The van der Waals surface area contributed by atoms with Crippen LogP contribution < -0.4 is 5.32 Å². The number of nitrogens with one attached hydrogen (secondary N) is 1. The smallest absolute Gasteiger partial charge is 0.248 e. The number of amides is 2. The molecule has 1 aromatic heterocycles. The minimum atomic E-state index is -0.389. The quantitative estimate of drug-likeness (QED) is 0.901. The lowest BCUT2D eigenvalue weighted by Gasteiger charge is -2.29. The molecule has 1 N–H and O–H groups in total. The van der Waals surface area contributed by atoms with Crippen molar-refractivity contribution in [1.82, 2.24) is 19.7 Å². The minimum Gasteiger partial charge on any atom is -0.324 e. The van der Waals surface area contributed by atoms with Crippen molar-refractivity contribution in [1.29, 1.82) is 0 Å². The molecular weight excluding hydrogens is 338 g/mol. The first-order valence-corrected chi connectivity index (χ1v) is 9.22. The lowest BCUT2D eigenvalue weighted by molar-refractivity contribution is -0.135. The summed E-state index contributed by atoms with van der Waals surface area (Å²) < 4.78 is 1.74. The first kappa shape index (κ1) is 16.1. The van der Waals surface area contributed by atoms with E-state index < -0.39 is 0 Å². The molecule has 2 aliphatic rings. The Balaban J connectivity index is 1.42. The van der Waals surface area contributed by atoms with Crippen molar-refractivity contribution >= 4 is 29.3 Å². The molecule has 2 atom stereocenters. The number of anilines is 1. The van der Waals surface area contributed by atoms with Crippen molar-refractivity contribution < 1.29 is 9.59 Å². The Bertz CT molecular complexity index is 792. The lowest BCUT2D eigenvalue weighted by Crippen LogP contribution is -2.48. The zero-order valence-corrected chi connectivity index (χ0v) is 14.7. The van der Waals surface area contributed by atoms with E-state index in [9.17, 15) is 9.59 Å². The van der Waals surface area contributed by atoms with Gasteiger partial charge in [0.1, 0.15) is 18.7 Å². The highest BCUT2D eigenvalue weighted by atomic mass is 32.2. The number of thioether (sulfide) groups is 1. The van der Waals surface area contributed by atoms with E-state index in [-0.39, 0.29) is 22.7 Å². The van der Waals surface area contributed by atoms with Crippen LogP contribution in [-0.4, -0.2) is 48.1 Å². The maximum absolute atomic E-state index is 12.6. The number of nitrogens with zero attached hydrogens (tertiary/aromatic N) is 4. The maximum Gasteiger partial charge on any atom is 0.248 e. The number of rotatable bonds is 4. The number of hydrogen-bond acceptors (Lipinski definition) is 5. The minimum absolute atomic E-state index is 0.0795. The monoisotopic (exact) mass is 357 g/mol. The average molecular weight is 357 g/mol. The molecule has 2 fully saturated rings. The first-order valence-electron chi connectivity index (χ1n) is 8.23. The van der Waals surface area contributed by atoms with Gasteiger partial charge in [0.25, 0.3) is 0 Å². The van der Waals surface area contributed by atoms with Gasteiger partial charge in [0.05, 0.1) is 11.4 Å². The van der Waals surface area contributed by atoms with Crippen LogP contribution in [0.25, 0.3) is 0 Å². The molecule has 0 radical (unpaired) electrons. The van der Waals surface area contributed by atoms with Gasteiger partial charge in [-0.1, -0.05) is 12.1 Å². The lowest BCUT2D eigenvalue weighted by atomic mass is 10.2. The van der Waals surface area contributed by atoms with E-state index in [1.807, 2.05) is 24.3 Å². The Morgan fingerprint density at radius 3 is 2.92 bits per heavy atom. The van der Waals surface area contributed by atoms with Gasteiger partial charge in [-0.15, -0.1) is 11.8 Å². The average Bonchev–Trinajstić information content (AvgIpc) is 3.28. The third-order valence-corrected chi connectivity index (χ3v) is 6.29. The van der Waals surface area contributed by atoms with E-state index in [1.165, 1.54) is 6.33 Å². The van der Waals surface area contributed by atoms with Crippen LogP contribution in [0, 0.1) is 0 Å². The van der Waals surface area contributed by atoms with Crippen LogP contribution in [0.15, 0.2) is 36.9 Å². The Labute approximate surface area is 149 Å². The van der Waals surface area contributed by atoms with E-state index in [4.69, 9.17) is 0 Å². The summed E-state index contributed by atoms with van der Waals surface area (Å²) in [4.78, 5) is 30.3. The second-order valence-electron chi connectivity index (χ2n) is 6.54. The standard InChI is InChI=1S/C17H19N5O2S/c1-17-7-6-15(23)22(17)14(9-25-17)16(24)20-13-4-2-12(3-5-13)8-21-11-18-10-19-21/h2-5,10-11,14H,6-9H2,1H3,(H,20,24). The topological polar surface area (TPSA) is 80.1 Å². The molecule has 4 rings (SSSR count). The number of hydrogen-bond donors (Lipinski definition) is 1. The van der Waals surface area contributed by atoms with Crippen LogP contribution in [0.1, 0.15) is 25.3 Å². The molecule has 0 spiro atoms. The van der Waals surface area contributed by atoms with Gasteiger partial charge in [-0.3, -0.25) is 9.59 Å². The second-order valence-corrected chi connectivity index (χ2v) is 8.05. The van der Waals surface area contributed by atoms with E-state index in [0.717, 1.165) is 17.7 Å². The van der Waals surface area contributed by atoms with Gasteiger partial charge in [-0.25, -0.2) is 9.67 Å². The summed E-state index contributed by atoms with van der Waals surface area (Å²) >= 11 is 1.70. The molecule has 130 valence electrons. The van der Waals surface area contributed by atoms with Gasteiger partial charge in [0, 0.05) is 17.9 Å². The molecule has 0 aliphatic carbocycles.